The fraction of sp³-hybridized carbons (Fsp3) is 0.778. The molecule has 0 bridgehead atoms. The van der Waals surface area contributed by atoms with Gasteiger partial charge < -0.3 is 10.2 Å². The van der Waals surface area contributed by atoms with E-state index < -0.39 is 0 Å². The van der Waals surface area contributed by atoms with Crippen molar-refractivity contribution < 1.29 is 4.79 Å². The van der Waals surface area contributed by atoms with E-state index in [4.69, 9.17) is 0 Å². The smallest absolute Gasteiger partial charge is 0.225 e. The summed E-state index contributed by atoms with van der Waals surface area (Å²) in [7, 11) is 0. The number of aryl methyl sites for hydroxylation is 1. The Bertz CT molecular complexity index is 549. The molecule has 0 spiro atoms. The molecule has 6 nitrogen and oxygen atoms in total. The fourth-order valence-electron chi connectivity index (χ4n) is 3.88. The van der Waals surface area contributed by atoms with Gasteiger partial charge in [-0.05, 0) is 39.7 Å². The van der Waals surface area contributed by atoms with Gasteiger partial charge in [0.25, 0.3) is 0 Å². The summed E-state index contributed by atoms with van der Waals surface area (Å²) in [4.78, 5) is 17.4. The minimum Gasteiger partial charge on any atom is -0.341 e. The van der Waals surface area contributed by atoms with Crippen molar-refractivity contribution in [3.05, 3.63) is 18.0 Å². The number of hydrogen-bond acceptors (Lipinski definition) is 4. The van der Waals surface area contributed by atoms with Gasteiger partial charge >= 0.3 is 0 Å². The van der Waals surface area contributed by atoms with E-state index in [9.17, 15) is 4.79 Å². The van der Waals surface area contributed by atoms with Crippen LogP contribution < -0.4 is 5.32 Å². The highest BCUT2D eigenvalue weighted by Gasteiger charge is 2.29. The molecular weight excluding hydrogens is 338 g/mol. The minimum atomic E-state index is 0. The summed E-state index contributed by atoms with van der Waals surface area (Å²) >= 11 is 0. The molecule has 1 amide bonds. The Kier molecular flexibility index (Phi) is 7.72. The maximum absolute atomic E-state index is 12.8. The molecular formula is C18H32ClN5O. The standard InChI is InChI=1S/C18H31N5O.ClH/c1-3-23-14-16(12-20-23)13-21-7-4-8-22(10-9-21)18(24)17-5-6-19-15(2)11-17;/h12,14-15,17,19H,3-11,13H2,1-2H3;1H/t15-,17-;/m0./s1. The van der Waals surface area contributed by atoms with E-state index in [2.05, 4.69) is 40.3 Å². The van der Waals surface area contributed by atoms with Crippen molar-refractivity contribution in [3.8, 4) is 0 Å². The highest BCUT2D eigenvalue weighted by Crippen LogP contribution is 2.20. The molecule has 1 aromatic rings. The molecule has 2 fully saturated rings. The summed E-state index contributed by atoms with van der Waals surface area (Å²) in [5.74, 6) is 0.597. The monoisotopic (exact) mass is 369 g/mol. The van der Waals surface area contributed by atoms with E-state index in [1.807, 2.05) is 10.9 Å². The van der Waals surface area contributed by atoms with E-state index in [1.165, 1.54) is 5.56 Å². The summed E-state index contributed by atoms with van der Waals surface area (Å²) in [5.41, 5.74) is 1.27. The molecule has 0 saturated carbocycles. The summed E-state index contributed by atoms with van der Waals surface area (Å²) in [5, 5.41) is 7.79. The van der Waals surface area contributed by atoms with Gasteiger partial charge in [0.05, 0.1) is 6.20 Å². The Labute approximate surface area is 157 Å². The molecule has 1 aromatic heterocycles. The van der Waals surface area contributed by atoms with Crippen molar-refractivity contribution in [2.75, 3.05) is 32.7 Å². The summed E-state index contributed by atoms with van der Waals surface area (Å²) in [6.45, 7) is 10.9. The lowest BCUT2D eigenvalue weighted by molar-refractivity contribution is -0.136. The second kappa shape index (κ2) is 9.55. The largest absolute Gasteiger partial charge is 0.341 e. The maximum atomic E-state index is 12.8. The number of aromatic nitrogens is 2. The van der Waals surface area contributed by atoms with Crippen LogP contribution in [0, 0.1) is 5.92 Å². The molecule has 2 aliphatic rings. The van der Waals surface area contributed by atoms with E-state index >= 15 is 0 Å². The van der Waals surface area contributed by atoms with Crippen molar-refractivity contribution in [2.45, 2.75) is 52.2 Å². The van der Waals surface area contributed by atoms with Crippen LogP contribution in [0.4, 0.5) is 0 Å². The van der Waals surface area contributed by atoms with Crippen LogP contribution in [0.2, 0.25) is 0 Å². The van der Waals surface area contributed by atoms with Gasteiger partial charge in [-0.15, -0.1) is 12.4 Å². The molecule has 2 atom stereocenters. The summed E-state index contributed by atoms with van der Waals surface area (Å²) in [6, 6.07) is 0.464. The Morgan fingerprint density at radius 2 is 2.16 bits per heavy atom. The van der Waals surface area contributed by atoms with E-state index in [1.54, 1.807) is 0 Å². The molecule has 7 heteroatoms. The lowest BCUT2D eigenvalue weighted by atomic mass is 9.92. The summed E-state index contributed by atoms with van der Waals surface area (Å²) in [6.07, 6.45) is 7.13. The molecule has 3 rings (SSSR count). The lowest BCUT2D eigenvalue weighted by Gasteiger charge is -2.31. The second-order valence-electron chi connectivity index (χ2n) is 7.24. The number of amides is 1. The zero-order valence-corrected chi connectivity index (χ0v) is 16.3. The number of carbonyl (C=O) groups excluding carboxylic acids is 1. The normalized spacial score (nSPS) is 25.3. The average molecular weight is 370 g/mol. The van der Waals surface area contributed by atoms with Crippen molar-refractivity contribution >= 4 is 18.3 Å². The molecule has 1 N–H and O–H groups in total. The summed E-state index contributed by atoms with van der Waals surface area (Å²) < 4.78 is 1.97. The molecule has 0 aromatic carbocycles. The molecule has 0 unspecified atom stereocenters. The first kappa shape index (κ1) is 20.2. The number of rotatable bonds is 4. The van der Waals surface area contributed by atoms with Crippen LogP contribution in [0.1, 0.15) is 38.7 Å². The van der Waals surface area contributed by atoms with Crippen molar-refractivity contribution in [2.24, 2.45) is 5.92 Å². The first-order chi connectivity index (χ1) is 11.7. The Hall–Kier alpha value is -1.11. The van der Waals surface area contributed by atoms with Crippen LogP contribution in [0.3, 0.4) is 0 Å². The van der Waals surface area contributed by atoms with Crippen LogP contribution >= 0.6 is 12.4 Å². The van der Waals surface area contributed by atoms with Gasteiger partial charge in [0, 0.05) is 63.0 Å². The number of nitrogens with one attached hydrogen (secondary N) is 1. The number of hydrogen-bond donors (Lipinski definition) is 1. The van der Waals surface area contributed by atoms with Gasteiger partial charge in [-0.3, -0.25) is 14.4 Å². The van der Waals surface area contributed by atoms with Gasteiger partial charge in [0.1, 0.15) is 0 Å². The van der Waals surface area contributed by atoms with E-state index in [0.29, 0.717) is 11.9 Å². The quantitative estimate of drug-likeness (QED) is 0.878. The van der Waals surface area contributed by atoms with Crippen LogP contribution in [-0.4, -0.2) is 64.3 Å². The minimum absolute atomic E-state index is 0. The molecule has 2 aliphatic heterocycles. The zero-order valence-electron chi connectivity index (χ0n) is 15.5. The number of piperidine rings is 1. The third kappa shape index (κ3) is 5.43. The van der Waals surface area contributed by atoms with Crippen LogP contribution in [-0.2, 0) is 17.9 Å². The first-order valence-electron chi connectivity index (χ1n) is 9.41. The van der Waals surface area contributed by atoms with Gasteiger partial charge in [0.2, 0.25) is 5.91 Å². The lowest BCUT2D eigenvalue weighted by Crippen LogP contribution is -2.45. The first-order valence-corrected chi connectivity index (χ1v) is 9.41. The highest BCUT2D eigenvalue weighted by atomic mass is 35.5. The molecule has 3 heterocycles. The van der Waals surface area contributed by atoms with Gasteiger partial charge in [-0.1, -0.05) is 0 Å². The Balaban J connectivity index is 0.00000225. The number of carbonyl (C=O) groups is 1. The molecule has 142 valence electrons. The van der Waals surface area contributed by atoms with Crippen LogP contribution in [0.15, 0.2) is 12.4 Å². The Morgan fingerprint density at radius 3 is 2.88 bits per heavy atom. The van der Waals surface area contributed by atoms with Gasteiger partial charge in [-0.25, -0.2) is 0 Å². The third-order valence-electron chi connectivity index (χ3n) is 5.29. The fourth-order valence-corrected chi connectivity index (χ4v) is 3.88. The van der Waals surface area contributed by atoms with Crippen LogP contribution in [0.25, 0.3) is 0 Å². The van der Waals surface area contributed by atoms with E-state index in [0.717, 1.165) is 65.1 Å². The predicted molar refractivity (Wildman–Crippen MR) is 102 cm³/mol. The van der Waals surface area contributed by atoms with Gasteiger partial charge in [0.15, 0.2) is 0 Å². The third-order valence-corrected chi connectivity index (χ3v) is 5.29. The maximum Gasteiger partial charge on any atom is 0.225 e. The average Bonchev–Trinajstić information content (AvgIpc) is 2.91. The van der Waals surface area contributed by atoms with Crippen molar-refractivity contribution in [1.82, 2.24) is 24.9 Å². The second-order valence-corrected chi connectivity index (χ2v) is 7.24. The Morgan fingerprint density at radius 1 is 1.32 bits per heavy atom. The number of nitrogens with zero attached hydrogens (tertiary/aromatic N) is 4. The molecule has 0 radical (unpaired) electrons. The van der Waals surface area contributed by atoms with Crippen molar-refractivity contribution in [1.29, 1.82) is 0 Å². The molecule has 25 heavy (non-hydrogen) atoms. The molecule has 2 saturated heterocycles. The topological polar surface area (TPSA) is 53.4 Å². The van der Waals surface area contributed by atoms with Crippen LogP contribution in [0.5, 0.6) is 0 Å². The van der Waals surface area contributed by atoms with Crippen molar-refractivity contribution in [3.63, 3.8) is 0 Å². The predicted octanol–water partition coefficient (Wildman–Crippen LogP) is 1.75. The zero-order chi connectivity index (χ0) is 16.9. The molecule has 0 aliphatic carbocycles. The van der Waals surface area contributed by atoms with Gasteiger partial charge in [-0.2, -0.15) is 5.10 Å². The number of halogens is 1. The van der Waals surface area contributed by atoms with E-state index in [-0.39, 0.29) is 18.3 Å². The SMILES string of the molecule is CCn1cc(CN2CCCN(C(=O)[C@H]3CCN[C@@H](C)C3)CC2)cn1.Cl. The highest BCUT2D eigenvalue weighted by molar-refractivity contribution is 5.85.